The van der Waals surface area contributed by atoms with E-state index in [9.17, 15) is 9.59 Å². The van der Waals surface area contributed by atoms with Crippen LogP contribution < -0.4 is 0 Å². The first-order valence-corrected chi connectivity index (χ1v) is 10.7. The monoisotopic (exact) mass is 404 g/mol. The van der Waals surface area contributed by atoms with Crippen LogP contribution in [0.3, 0.4) is 0 Å². The molecule has 0 bridgehead atoms. The van der Waals surface area contributed by atoms with Gasteiger partial charge in [0, 0.05) is 45.3 Å². The van der Waals surface area contributed by atoms with Crippen molar-refractivity contribution in [3.05, 3.63) is 23.7 Å². The maximum atomic E-state index is 12.9. The highest BCUT2D eigenvalue weighted by molar-refractivity contribution is 5.79. The number of rotatable bonds is 7. The number of carbonyl (C=O) groups excluding carboxylic acids is 2. The second kappa shape index (κ2) is 9.28. The topological polar surface area (TPSA) is 69.5 Å². The van der Waals surface area contributed by atoms with Crippen LogP contribution in [0, 0.1) is 6.92 Å². The predicted molar refractivity (Wildman–Crippen MR) is 107 cm³/mol. The zero-order valence-electron chi connectivity index (χ0n) is 17.3. The summed E-state index contributed by atoms with van der Waals surface area (Å²) in [5.74, 6) is 2.10. The summed E-state index contributed by atoms with van der Waals surface area (Å²) < 4.78 is 11.0. The maximum Gasteiger partial charge on any atom is 0.237 e. The molecule has 8 nitrogen and oxygen atoms in total. The molecule has 1 saturated carbocycles. The number of amides is 2. The van der Waals surface area contributed by atoms with Gasteiger partial charge in [-0.25, -0.2) is 0 Å². The Bertz CT molecular complexity index is 703. The molecular weight excluding hydrogens is 372 g/mol. The molecule has 0 unspecified atom stereocenters. The van der Waals surface area contributed by atoms with E-state index in [4.69, 9.17) is 9.15 Å². The van der Waals surface area contributed by atoms with E-state index in [0.29, 0.717) is 52.0 Å². The second-order valence-corrected chi connectivity index (χ2v) is 8.31. The van der Waals surface area contributed by atoms with E-state index in [2.05, 4.69) is 9.80 Å². The summed E-state index contributed by atoms with van der Waals surface area (Å²) in [5.41, 5.74) is 0. The molecule has 0 radical (unpaired) electrons. The second-order valence-electron chi connectivity index (χ2n) is 8.31. The molecule has 3 heterocycles. The number of furan rings is 1. The van der Waals surface area contributed by atoms with Gasteiger partial charge in [0.05, 0.1) is 32.8 Å². The van der Waals surface area contributed by atoms with Gasteiger partial charge in [0.1, 0.15) is 11.5 Å². The number of hydrogen-bond donors (Lipinski definition) is 0. The molecule has 1 aliphatic carbocycles. The largest absolute Gasteiger partial charge is 0.464 e. The molecule has 160 valence electrons. The molecule has 0 atom stereocenters. The lowest BCUT2D eigenvalue weighted by atomic mass is 10.2. The van der Waals surface area contributed by atoms with Crippen LogP contribution in [0.25, 0.3) is 0 Å². The summed E-state index contributed by atoms with van der Waals surface area (Å²) >= 11 is 0. The first-order chi connectivity index (χ1) is 14.1. The first kappa shape index (κ1) is 20.4. The number of nitrogens with zero attached hydrogens (tertiary/aromatic N) is 4. The molecule has 2 amide bonds. The summed E-state index contributed by atoms with van der Waals surface area (Å²) in [5, 5.41) is 0. The van der Waals surface area contributed by atoms with Crippen molar-refractivity contribution in [1.29, 1.82) is 0 Å². The summed E-state index contributed by atoms with van der Waals surface area (Å²) in [6, 6.07) is 4.27. The van der Waals surface area contributed by atoms with E-state index in [0.717, 1.165) is 50.5 Å². The molecule has 4 rings (SSSR count). The minimum Gasteiger partial charge on any atom is -0.464 e. The van der Waals surface area contributed by atoms with E-state index >= 15 is 0 Å². The van der Waals surface area contributed by atoms with Crippen molar-refractivity contribution in [2.24, 2.45) is 0 Å². The highest BCUT2D eigenvalue weighted by atomic mass is 16.5. The normalized spacial score (nSPS) is 21.3. The average Bonchev–Trinajstić information content (AvgIpc) is 3.49. The molecule has 1 aromatic heterocycles. The fourth-order valence-corrected chi connectivity index (χ4v) is 4.04. The molecular formula is C21H32N4O4. The van der Waals surface area contributed by atoms with Gasteiger partial charge in [0.2, 0.25) is 11.8 Å². The third kappa shape index (κ3) is 5.58. The Morgan fingerprint density at radius 2 is 1.66 bits per heavy atom. The van der Waals surface area contributed by atoms with Crippen LogP contribution in [0.1, 0.15) is 24.4 Å². The van der Waals surface area contributed by atoms with Gasteiger partial charge in [-0.15, -0.1) is 0 Å². The summed E-state index contributed by atoms with van der Waals surface area (Å²) in [6.45, 7) is 9.35. The van der Waals surface area contributed by atoms with Gasteiger partial charge >= 0.3 is 0 Å². The predicted octanol–water partition coefficient (Wildman–Crippen LogP) is 0.555. The van der Waals surface area contributed by atoms with E-state index in [1.807, 2.05) is 28.9 Å². The van der Waals surface area contributed by atoms with Crippen molar-refractivity contribution in [2.45, 2.75) is 32.4 Å². The number of hydrogen-bond acceptors (Lipinski definition) is 6. The Morgan fingerprint density at radius 3 is 2.24 bits per heavy atom. The Hall–Kier alpha value is -1.90. The quantitative estimate of drug-likeness (QED) is 0.661. The van der Waals surface area contributed by atoms with Crippen molar-refractivity contribution in [1.82, 2.24) is 19.6 Å². The average molecular weight is 405 g/mol. The van der Waals surface area contributed by atoms with Gasteiger partial charge < -0.3 is 19.0 Å². The summed E-state index contributed by atoms with van der Waals surface area (Å²) in [6.07, 6.45) is 2.17. The third-order valence-corrected chi connectivity index (χ3v) is 5.98. The zero-order valence-corrected chi connectivity index (χ0v) is 17.3. The minimum absolute atomic E-state index is 0.180. The van der Waals surface area contributed by atoms with E-state index < -0.39 is 0 Å². The Morgan fingerprint density at radius 1 is 1.00 bits per heavy atom. The van der Waals surface area contributed by atoms with Crippen molar-refractivity contribution in [3.8, 4) is 0 Å². The van der Waals surface area contributed by atoms with E-state index in [1.165, 1.54) is 0 Å². The Balaban J connectivity index is 1.22. The lowest BCUT2D eigenvalue weighted by Gasteiger charge is -2.36. The smallest absolute Gasteiger partial charge is 0.237 e. The SMILES string of the molecule is Cc1ccc(CN(C(=O)CN2CCN(CC(=O)N3CCOCC3)CC2)C2CC2)o1. The summed E-state index contributed by atoms with van der Waals surface area (Å²) in [7, 11) is 0. The van der Waals surface area contributed by atoms with Crippen LogP contribution in [-0.2, 0) is 20.9 Å². The number of piperazine rings is 1. The highest BCUT2D eigenvalue weighted by Crippen LogP contribution is 2.29. The lowest BCUT2D eigenvalue weighted by molar-refractivity contribution is -0.138. The molecule has 1 aromatic rings. The zero-order chi connectivity index (χ0) is 20.2. The molecule has 3 fully saturated rings. The highest BCUT2D eigenvalue weighted by Gasteiger charge is 2.34. The molecule has 29 heavy (non-hydrogen) atoms. The Labute approximate surface area is 172 Å². The van der Waals surface area contributed by atoms with Crippen molar-refractivity contribution >= 4 is 11.8 Å². The number of ether oxygens (including phenoxy) is 1. The van der Waals surface area contributed by atoms with Crippen LogP contribution in [0.15, 0.2) is 16.5 Å². The van der Waals surface area contributed by atoms with Crippen molar-refractivity contribution in [2.75, 3.05) is 65.6 Å². The van der Waals surface area contributed by atoms with Gasteiger partial charge in [-0.05, 0) is 31.9 Å². The molecule has 2 saturated heterocycles. The number of aryl methyl sites for hydroxylation is 1. The lowest BCUT2D eigenvalue weighted by Crippen LogP contribution is -2.53. The molecule has 0 aromatic carbocycles. The van der Waals surface area contributed by atoms with Gasteiger partial charge in [-0.2, -0.15) is 0 Å². The van der Waals surface area contributed by atoms with Crippen LogP contribution in [0.4, 0.5) is 0 Å². The standard InChI is InChI=1S/C21H32N4O4/c1-17-2-5-19(29-17)14-25(18-3-4-18)21(27)16-23-8-6-22(7-9-23)15-20(26)24-10-12-28-13-11-24/h2,5,18H,3-4,6-16H2,1H3. The van der Waals surface area contributed by atoms with E-state index in [1.54, 1.807) is 0 Å². The fourth-order valence-electron chi connectivity index (χ4n) is 4.04. The van der Waals surface area contributed by atoms with Gasteiger partial charge in [-0.3, -0.25) is 19.4 Å². The Kier molecular flexibility index (Phi) is 6.52. The molecule has 0 N–H and O–H groups in total. The first-order valence-electron chi connectivity index (χ1n) is 10.7. The molecule has 2 aliphatic heterocycles. The molecule has 8 heteroatoms. The fraction of sp³-hybridized carbons (Fsp3) is 0.714. The van der Waals surface area contributed by atoms with E-state index in [-0.39, 0.29) is 11.8 Å². The summed E-state index contributed by atoms with van der Waals surface area (Å²) in [4.78, 5) is 33.6. The van der Waals surface area contributed by atoms with Crippen molar-refractivity contribution in [3.63, 3.8) is 0 Å². The van der Waals surface area contributed by atoms with Gasteiger partial charge in [-0.1, -0.05) is 0 Å². The van der Waals surface area contributed by atoms with Gasteiger partial charge in [0.25, 0.3) is 0 Å². The van der Waals surface area contributed by atoms with Crippen LogP contribution >= 0.6 is 0 Å². The number of carbonyl (C=O) groups is 2. The van der Waals surface area contributed by atoms with Crippen molar-refractivity contribution < 1.29 is 18.7 Å². The minimum atomic E-state index is 0.180. The molecule has 3 aliphatic rings. The number of morpholine rings is 1. The van der Waals surface area contributed by atoms with Crippen LogP contribution in [-0.4, -0.2) is 103 Å². The molecule has 0 spiro atoms. The van der Waals surface area contributed by atoms with Crippen LogP contribution in [0.5, 0.6) is 0 Å². The maximum absolute atomic E-state index is 12.9. The van der Waals surface area contributed by atoms with Crippen LogP contribution in [0.2, 0.25) is 0 Å². The van der Waals surface area contributed by atoms with Gasteiger partial charge in [0.15, 0.2) is 0 Å². The third-order valence-electron chi connectivity index (χ3n) is 5.98.